The van der Waals surface area contributed by atoms with E-state index in [1.807, 2.05) is 27.7 Å². The van der Waals surface area contributed by atoms with Gasteiger partial charge < -0.3 is 5.11 Å². The Hall–Kier alpha value is -1.31. The lowest BCUT2D eigenvalue weighted by atomic mass is 9.92. The van der Waals surface area contributed by atoms with Crippen LogP contribution in [0, 0.1) is 12.8 Å². The molecule has 1 aromatic rings. The second kappa shape index (κ2) is 4.47. The molecule has 0 aromatic heterocycles. The van der Waals surface area contributed by atoms with E-state index >= 15 is 0 Å². The van der Waals surface area contributed by atoms with E-state index < -0.39 is 0 Å². The van der Waals surface area contributed by atoms with Crippen molar-refractivity contribution in [3.05, 3.63) is 28.8 Å². The van der Waals surface area contributed by atoms with E-state index in [4.69, 9.17) is 0 Å². The SMILES string of the molecule is CCc1c(C(=O)C(C)C)ccc(O)c1C. The molecule has 82 valence electrons. The van der Waals surface area contributed by atoms with Gasteiger partial charge in [0, 0.05) is 11.5 Å². The molecular weight excluding hydrogens is 188 g/mol. The molecule has 1 rings (SSSR count). The quantitative estimate of drug-likeness (QED) is 0.771. The van der Waals surface area contributed by atoms with E-state index in [-0.39, 0.29) is 17.5 Å². The molecule has 0 aliphatic rings. The van der Waals surface area contributed by atoms with Gasteiger partial charge in [0.1, 0.15) is 5.75 Å². The molecule has 2 nitrogen and oxygen atoms in total. The number of Topliss-reactive ketones (excluding diaryl/α,β-unsaturated/α-hetero) is 1. The highest BCUT2D eigenvalue weighted by molar-refractivity contribution is 5.99. The predicted molar refractivity (Wildman–Crippen MR) is 61.4 cm³/mol. The van der Waals surface area contributed by atoms with E-state index in [0.29, 0.717) is 0 Å². The predicted octanol–water partition coefficient (Wildman–Crippen LogP) is 3.10. The maximum absolute atomic E-state index is 11.9. The molecule has 0 amide bonds. The number of ketones is 1. The summed E-state index contributed by atoms with van der Waals surface area (Å²) in [6, 6.07) is 3.33. The maximum atomic E-state index is 11.9. The van der Waals surface area contributed by atoms with Crippen LogP contribution in [-0.2, 0) is 6.42 Å². The van der Waals surface area contributed by atoms with Crippen LogP contribution in [0.1, 0.15) is 42.3 Å². The first-order valence-electron chi connectivity index (χ1n) is 5.34. The first kappa shape index (κ1) is 11.8. The first-order chi connectivity index (χ1) is 6.99. The number of carbonyl (C=O) groups excluding carboxylic acids is 1. The number of hydrogen-bond acceptors (Lipinski definition) is 2. The third-order valence-corrected chi connectivity index (χ3v) is 2.71. The molecule has 15 heavy (non-hydrogen) atoms. The first-order valence-corrected chi connectivity index (χ1v) is 5.34. The minimum Gasteiger partial charge on any atom is -0.508 e. The number of rotatable bonds is 3. The Balaban J connectivity index is 3.31. The molecule has 1 N–H and O–H groups in total. The Labute approximate surface area is 90.9 Å². The van der Waals surface area contributed by atoms with E-state index in [1.54, 1.807) is 12.1 Å². The molecule has 0 heterocycles. The summed E-state index contributed by atoms with van der Waals surface area (Å²) in [7, 11) is 0. The van der Waals surface area contributed by atoms with Gasteiger partial charge in [-0.05, 0) is 36.6 Å². The highest BCUT2D eigenvalue weighted by Crippen LogP contribution is 2.25. The van der Waals surface area contributed by atoms with Gasteiger partial charge in [-0.1, -0.05) is 20.8 Å². The molecular formula is C13H18O2. The zero-order valence-electron chi connectivity index (χ0n) is 9.79. The third kappa shape index (κ3) is 2.20. The number of hydrogen-bond donors (Lipinski definition) is 1. The fraction of sp³-hybridized carbons (Fsp3) is 0.462. The monoisotopic (exact) mass is 206 g/mol. The molecule has 1 aromatic carbocycles. The second-order valence-corrected chi connectivity index (χ2v) is 4.11. The average Bonchev–Trinajstić information content (AvgIpc) is 2.20. The smallest absolute Gasteiger partial charge is 0.165 e. The van der Waals surface area contributed by atoms with Gasteiger partial charge >= 0.3 is 0 Å². The lowest BCUT2D eigenvalue weighted by Crippen LogP contribution is -2.11. The normalized spacial score (nSPS) is 10.7. The van der Waals surface area contributed by atoms with Gasteiger partial charge in [0.2, 0.25) is 0 Å². The van der Waals surface area contributed by atoms with Crippen molar-refractivity contribution in [2.24, 2.45) is 5.92 Å². The molecule has 0 atom stereocenters. The Morgan fingerprint density at radius 2 is 2.00 bits per heavy atom. The Kier molecular flexibility index (Phi) is 3.51. The van der Waals surface area contributed by atoms with E-state index in [1.165, 1.54) is 0 Å². The fourth-order valence-corrected chi connectivity index (χ4v) is 1.74. The van der Waals surface area contributed by atoms with Gasteiger partial charge in [-0.15, -0.1) is 0 Å². The Morgan fingerprint density at radius 3 is 2.47 bits per heavy atom. The molecule has 0 bridgehead atoms. The summed E-state index contributed by atoms with van der Waals surface area (Å²) in [5, 5.41) is 9.56. The topological polar surface area (TPSA) is 37.3 Å². The minimum atomic E-state index is -0.000701. The standard InChI is InChI=1S/C13H18O2/c1-5-10-9(4)12(14)7-6-11(10)13(15)8(2)3/h6-8,14H,5H2,1-4H3. The lowest BCUT2D eigenvalue weighted by molar-refractivity contribution is 0.0938. The maximum Gasteiger partial charge on any atom is 0.165 e. The van der Waals surface area contributed by atoms with Crippen LogP contribution in [0.25, 0.3) is 0 Å². The van der Waals surface area contributed by atoms with Crippen molar-refractivity contribution < 1.29 is 9.90 Å². The molecule has 0 saturated heterocycles. The fourth-order valence-electron chi connectivity index (χ4n) is 1.74. The molecule has 0 fully saturated rings. The summed E-state index contributed by atoms with van der Waals surface area (Å²) in [6.07, 6.45) is 0.772. The summed E-state index contributed by atoms with van der Waals surface area (Å²) in [5.41, 5.74) is 2.54. The van der Waals surface area contributed by atoms with Gasteiger partial charge in [-0.2, -0.15) is 0 Å². The minimum absolute atomic E-state index is 0.000701. The van der Waals surface area contributed by atoms with Crippen molar-refractivity contribution in [1.29, 1.82) is 0 Å². The van der Waals surface area contributed by atoms with Crippen LogP contribution in [-0.4, -0.2) is 10.9 Å². The molecule has 0 spiro atoms. The second-order valence-electron chi connectivity index (χ2n) is 4.11. The number of aromatic hydroxyl groups is 1. The molecule has 0 radical (unpaired) electrons. The highest BCUT2D eigenvalue weighted by atomic mass is 16.3. The van der Waals surface area contributed by atoms with Crippen LogP contribution >= 0.6 is 0 Å². The summed E-state index contributed by atoms with van der Waals surface area (Å²) in [4.78, 5) is 11.9. The molecule has 0 aliphatic carbocycles. The van der Waals surface area contributed by atoms with Crippen LogP contribution in [0.15, 0.2) is 12.1 Å². The van der Waals surface area contributed by atoms with Crippen molar-refractivity contribution >= 4 is 5.78 Å². The van der Waals surface area contributed by atoms with Crippen LogP contribution in [0.3, 0.4) is 0 Å². The lowest BCUT2D eigenvalue weighted by Gasteiger charge is -2.13. The highest BCUT2D eigenvalue weighted by Gasteiger charge is 2.16. The van der Waals surface area contributed by atoms with Crippen molar-refractivity contribution in [3.63, 3.8) is 0 Å². The van der Waals surface area contributed by atoms with E-state index in [9.17, 15) is 9.90 Å². The summed E-state index contributed by atoms with van der Waals surface area (Å²) < 4.78 is 0. The number of phenolic OH excluding ortho intramolecular Hbond substituents is 1. The Bertz CT molecular complexity index is 378. The summed E-state index contributed by atoms with van der Waals surface area (Å²) >= 11 is 0. The number of benzene rings is 1. The van der Waals surface area contributed by atoms with Gasteiger partial charge in [0.25, 0.3) is 0 Å². The average molecular weight is 206 g/mol. The van der Waals surface area contributed by atoms with E-state index in [0.717, 1.165) is 23.1 Å². The molecule has 0 unspecified atom stereocenters. The summed E-state index contributed by atoms with van der Waals surface area (Å²) in [6.45, 7) is 7.64. The van der Waals surface area contributed by atoms with Gasteiger partial charge in [0.05, 0.1) is 0 Å². The third-order valence-electron chi connectivity index (χ3n) is 2.71. The molecule has 2 heteroatoms. The number of phenols is 1. The number of carbonyl (C=O) groups is 1. The van der Waals surface area contributed by atoms with Crippen LogP contribution < -0.4 is 0 Å². The molecule has 0 saturated carbocycles. The van der Waals surface area contributed by atoms with Crippen molar-refractivity contribution in [1.82, 2.24) is 0 Å². The molecule has 0 aliphatic heterocycles. The largest absolute Gasteiger partial charge is 0.508 e. The Morgan fingerprint density at radius 1 is 1.40 bits per heavy atom. The zero-order valence-corrected chi connectivity index (χ0v) is 9.79. The summed E-state index contributed by atoms with van der Waals surface area (Å²) in [5.74, 6) is 0.418. The van der Waals surface area contributed by atoms with Gasteiger partial charge in [0.15, 0.2) is 5.78 Å². The zero-order chi connectivity index (χ0) is 11.6. The van der Waals surface area contributed by atoms with Gasteiger partial charge in [-0.3, -0.25) is 4.79 Å². The van der Waals surface area contributed by atoms with E-state index in [2.05, 4.69) is 0 Å². The van der Waals surface area contributed by atoms with Crippen molar-refractivity contribution in [3.8, 4) is 5.75 Å². The van der Waals surface area contributed by atoms with Gasteiger partial charge in [-0.25, -0.2) is 0 Å². The van der Waals surface area contributed by atoms with Crippen LogP contribution in [0.2, 0.25) is 0 Å². The van der Waals surface area contributed by atoms with Crippen LogP contribution in [0.5, 0.6) is 5.75 Å². The van der Waals surface area contributed by atoms with Crippen molar-refractivity contribution in [2.45, 2.75) is 34.1 Å². The van der Waals surface area contributed by atoms with Crippen LogP contribution in [0.4, 0.5) is 0 Å². The van der Waals surface area contributed by atoms with Crippen molar-refractivity contribution in [2.75, 3.05) is 0 Å².